The van der Waals surface area contributed by atoms with Crippen molar-refractivity contribution in [2.24, 2.45) is 0 Å². The second-order valence-electron chi connectivity index (χ2n) is 4.27. The fourth-order valence-corrected chi connectivity index (χ4v) is 1.62. The van der Waals surface area contributed by atoms with Gasteiger partial charge in [0.2, 0.25) is 0 Å². The summed E-state index contributed by atoms with van der Waals surface area (Å²) in [5.41, 5.74) is 0. The topological polar surface area (TPSA) is 0 Å². The molecule has 1 atom stereocenters. The van der Waals surface area contributed by atoms with Crippen LogP contribution in [0.1, 0.15) is 64.7 Å². The van der Waals surface area contributed by atoms with Gasteiger partial charge >= 0.3 is 6.18 Å². The van der Waals surface area contributed by atoms with Gasteiger partial charge in [0.25, 0.3) is 0 Å². The minimum Gasteiger partial charge on any atom is -0.237 e. The third-order valence-electron chi connectivity index (χ3n) is 2.67. The molecule has 98 valence electrons. The smallest absolute Gasteiger partial charge is 0.237 e. The lowest BCUT2D eigenvalue weighted by Crippen LogP contribution is -2.23. The highest BCUT2D eigenvalue weighted by molar-refractivity contribution is 4.65. The molecule has 0 aromatic carbocycles. The SMILES string of the molecule is CCCCCCCCCCC(F)C(F)(F)F. The van der Waals surface area contributed by atoms with Crippen molar-refractivity contribution in [3.8, 4) is 0 Å². The molecular weight excluding hydrogens is 220 g/mol. The average Bonchev–Trinajstić information content (AvgIpc) is 2.20. The van der Waals surface area contributed by atoms with Gasteiger partial charge in [-0.25, -0.2) is 4.39 Å². The average molecular weight is 242 g/mol. The van der Waals surface area contributed by atoms with E-state index in [0.29, 0.717) is 12.8 Å². The lowest BCUT2D eigenvalue weighted by molar-refractivity contribution is -0.182. The van der Waals surface area contributed by atoms with Crippen LogP contribution in [0.25, 0.3) is 0 Å². The van der Waals surface area contributed by atoms with Gasteiger partial charge in [-0.05, 0) is 6.42 Å². The van der Waals surface area contributed by atoms with Crippen molar-refractivity contribution in [3.05, 3.63) is 0 Å². The first-order valence-electron chi connectivity index (χ1n) is 6.19. The van der Waals surface area contributed by atoms with E-state index in [1.54, 1.807) is 0 Å². The van der Waals surface area contributed by atoms with Crippen molar-refractivity contribution < 1.29 is 17.6 Å². The van der Waals surface area contributed by atoms with Crippen molar-refractivity contribution >= 4 is 0 Å². The molecule has 0 aliphatic heterocycles. The van der Waals surface area contributed by atoms with E-state index >= 15 is 0 Å². The fraction of sp³-hybridized carbons (Fsp3) is 1.00. The zero-order valence-corrected chi connectivity index (χ0v) is 9.95. The molecule has 0 aliphatic rings. The van der Waals surface area contributed by atoms with Gasteiger partial charge in [-0.1, -0.05) is 58.3 Å². The number of rotatable bonds is 9. The maximum Gasteiger partial charge on any atom is 0.419 e. The summed E-state index contributed by atoms with van der Waals surface area (Å²) >= 11 is 0. The minimum atomic E-state index is -4.67. The monoisotopic (exact) mass is 242 g/mol. The summed E-state index contributed by atoms with van der Waals surface area (Å²) < 4.78 is 47.8. The van der Waals surface area contributed by atoms with Gasteiger partial charge in [0.05, 0.1) is 0 Å². The molecule has 0 radical (unpaired) electrons. The predicted octanol–water partition coefficient (Wildman–Crippen LogP) is 5.42. The zero-order chi connectivity index (χ0) is 12.4. The molecule has 4 heteroatoms. The maximum atomic E-state index is 12.5. The van der Waals surface area contributed by atoms with Gasteiger partial charge in [-0.3, -0.25) is 0 Å². The van der Waals surface area contributed by atoms with E-state index in [1.165, 1.54) is 19.3 Å². The molecule has 0 rings (SSSR count). The molecule has 0 aliphatic carbocycles. The molecule has 0 aromatic heterocycles. The van der Waals surface area contributed by atoms with Crippen molar-refractivity contribution in [3.63, 3.8) is 0 Å². The zero-order valence-electron chi connectivity index (χ0n) is 9.95. The number of hydrogen-bond donors (Lipinski definition) is 0. The second-order valence-corrected chi connectivity index (χ2v) is 4.27. The van der Waals surface area contributed by atoms with E-state index in [4.69, 9.17) is 0 Å². The summed E-state index contributed by atoms with van der Waals surface area (Å²) in [6.07, 6.45) is 0.119. The molecule has 0 fully saturated rings. The minimum absolute atomic E-state index is 0.342. The number of hydrogen-bond acceptors (Lipinski definition) is 0. The Labute approximate surface area is 95.4 Å². The quantitative estimate of drug-likeness (QED) is 0.374. The van der Waals surface area contributed by atoms with Crippen LogP contribution in [0.2, 0.25) is 0 Å². The number of unbranched alkanes of at least 4 members (excludes halogenated alkanes) is 7. The molecule has 0 N–H and O–H groups in total. The molecule has 0 saturated carbocycles. The highest BCUT2D eigenvalue weighted by Gasteiger charge is 2.39. The molecule has 0 amide bonds. The highest BCUT2D eigenvalue weighted by atomic mass is 19.4. The Bertz CT molecular complexity index is 154. The molecule has 0 nitrogen and oxygen atoms in total. The molecule has 0 saturated heterocycles. The standard InChI is InChI=1S/C12H22F4/c1-2-3-4-5-6-7-8-9-10-11(13)12(14,15)16/h11H,2-10H2,1H3. The second kappa shape index (κ2) is 8.82. The third kappa shape index (κ3) is 8.98. The van der Waals surface area contributed by atoms with Crippen LogP contribution in [0.5, 0.6) is 0 Å². The van der Waals surface area contributed by atoms with Gasteiger partial charge in [0.1, 0.15) is 0 Å². The summed E-state index contributed by atoms with van der Waals surface area (Å²) in [4.78, 5) is 0. The molecule has 0 spiro atoms. The van der Waals surface area contributed by atoms with Crippen LogP contribution in [0, 0.1) is 0 Å². The lowest BCUT2D eigenvalue weighted by atomic mass is 10.1. The summed E-state index contributed by atoms with van der Waals surface area (Å²) in [6, 6.07) is 0. The van der Waals surface area contributed by atoms with E-state index < -0.39 is 12.3 Å². The Balaban J connectivity index is 3.21. The Morgan fingerprint density at radius 2 is 1.25 bits per heavy atom. The van der Waals surface area contributed by atoms with Crippen LogP contribution in [0.3, 0.4) is 0 Å². The van der Waals surface area contributed by atoms with Crippen LogP contribution in [0.15, 0.2) is 0 Å². The largest absolute Gasteiger partial charge is 0.419 e. The Kier molecular flexibility index (Phi) is 8.67. The van der Waals surface area contributed by atoms with Crippen molar-refractivity contribution in [1.29, 1.82) is 0 Å². The van der Waals surface area contributed by atoms with E-state index in [0.717, 1.165) is 19.3 Å². The first-order chi connectivity index (χ1) is 7.48. The van der Waals surface area contributed by atoms with Crippen molar-refractivity contribution in [2.75, 3.05) is 0 Å². The first kappa shape index (κ1) is 15.7. The summed E-state index contributed by atoms with van der Waals surface area (Å²) in [5.74, 6) is 0. The summed E-state index contributed by atoms with van der Waals surface area (Å²) in [6.45, 7) is 2.14. The van der Waals surface area contributed by atoms with Crippen LogP contribution in [0.4, 0.5) is 17.6 Å². The van der Waals surface area contributed by atoms with Gasteiger partial charge in [0, 0.05) is 0 Å². The van der Waals surface area contributed by atoms with E-state index in [1.807, 2.05) is 0 Å². The van der Waals surface area contributed by atoms with Crippen LogP contribution in [-0.2, 0) is 0 Å². The van der Waals surface area contributed by atoms with E-state index in [9.17, 15) is 17.6 Å². The van der Waals surface area contributed by atoms with Crippen molar-refractivity contribution in [1.82, 2.24) is 0 Å². The Morgan fingerprint density at radius 1 is 0.812 bits per heavy atom. The molecule has 1 unspecified atom stereocenters. The van der Waals surface area contributed by atoms with E-state index in [-0.39, 0.29) is 6.42 Å². The normalized spacial score (nSPS) is 14.1. The molecule has 0 aromatic rings. The summed E-state index contributed by atoms with van der Waals surface area (Å²) in [5, 5.41) is 0. The molecule has 0 heterocycles. The molecule has 16 heavy (non-hydrogen) atoms. The van der Waals surface area contributed by atoms with Crippen LogP contribution in [-0.4, -0.2) is 12.3 Å². The number of alkyl halides is 4. The Morgan fingerprint density at radius 3 is 1.69 bits per heavy atom. The highest BCUT2D eigenvalue weighted by Crippen LogP contribution is 2.26. The van der Waals surface area contributed by atoms with Gasteiger partial charge < -0.3 is 0 Å². The molecular formula is C12H22F4. The fourth-order valence-electron chi connectivity index (χ4n) is 1.62. The first-order valence-corrected chi connectivity index (χ1v) is 6.19. The lowest BCUT2D eigenvalue weighted by Gasteiger charge is -2.11. The van der Waals surface area contributed by atoms with Gasteiger partial charge in [-0.15, -0.1) is 0 Å². The van der Waals surface area contributed by atoms with Crippen LogP contribution >= 0.6 is 0 Å². The van der Waals surface area contributed by atoms with Gasteiger partial charge in [-0.2, -0.15) is 13.2 Å². The molecule has 0 bridgehead atoms. The third-order valence-corrected chi connectivity index (χ3v) is 2.67. The van der Waals surface area contributed by atoms with Gasteiger partial charge in [0.15, 0.2) is 6.17 Å². The summed E-state index contributed by atoms with van der Waals surface area (Å²) in [7, 11) is 0. The number of halogens is 4. The Hall–Kier alpha value is -0.280. The van der Waals surface area contributed by atoms with Crippen molar-refractivity contribution in [2.45, 2.75) is 77.1 Å². The van der Waals surface area contributed by atoms with E-state index in [2.05, 4.69) is 6.92 Å². The predicted molar refractivity (Wildman–Crippen MR) is 58.2 cm³/mol. The van der Waals surface area contributed by atoms with Crippen LogP contribution < -0.4 is 0 Å². The maximum absolute atomic E-state index is 12.5.